The van der Waals surface area contributed by atoms with Crippen molar-refractivity contribution in [2.45, 2.75) is 18.2 Å². The molecule has 4 aromatic rings. The predicted molar refractivity (Wildman–Crippen MR) is 125 cm³/mol. The van der Waals surface area contributed by atoms with Crippen molar-refractivity contribution in [3.05, 3.63) is 84.4 Å². The van der Waals surface area contributed by atoms with Gasteiger partial charge in [0, 0.05) is 18.4 Å². The number of ether oxygens (including phenoxy) is 1. The van der Waals surface area contributed by atoms with Gasteiger partial charge in [-0.3, -0.25) is 0 Å². The second-order valence-corrected chi connectivity index (χ2v) is 8.33. The minimum Gasteiger partial charge on any atom is -0.491 e. The van der Waals surface area contributed by atoms with Gasteiger partial charge in [0.25, 0.3) is 0 Å². The number of hydrogen-bond acceptors (Lipinski definition) is 5. The Bertz CT molecular complexity index is 1130. The lowest BCUT2D eigenvalue weighted by Gasteiger charge is -2.12. The number of aromatic nitrogens is 3. The standard InChI is InChI=1S/C25H25N3O2S/c1-18-8-6-7-11-23(18)24-26-27-25(28(24)2)31-17-21(29)16-30-22-14-12-20(13-15-22)19-9-4-3-5-10-19/h3-15,21,29H,16-17H2,1-2H3. The zero-order chi connectivity index (χ0) is 21.6. The third kappa shape index (κ3) is 5.16. The summed E-state index contributed by atoms with van der Waals surface area (Å²) in [6.07, 6.45) is -0.614. The average Bonchev–Trinajstić information content (AvgIpc) is 3.17. The van der Waals surface area contributed by atoms with Crippen molar-refractivity contribution in [2.75, 3.05) is 12.4 Å². The van der Waals surface area contributed by atoms with E-state index < -0.39 is 6.10 Å². The van der Waals surface area contributed by atoms with E-state index in [1.54, 1.807) is 0 Å². The van der Waals surface area contributed by atoms with Crippen molar-refractivity contribution in [1.29, 1.82) is 0 Å². The van der Waals surface area contributed by atoms with E-state index in [-0.39, 0.29) is 6.61 Å². The molecule has 31 heavy (non-hydrogen) atoms. The first-order chi connectivity index (χ1) is 15.1. The van der Waals surface area contributed by atoms with Crippen LogP contribution in [0.4, 0.5) is 0 Å². The third-order valence-electron chi connectivity index (χ3n) is 5.03. The van der Waals surface area contributed by atoms with Crippen LogP contribution in [0.2, 0.25) is 0 Å². The summed E-state index contributed by atoms with van der Waals surface area (Å²) < 4.78 is 7.72. The number of nitrogens with zero attached hydrogens (tertiary/aromatic N) is 3. The van der Waals surface area contributed by atoms with Gasteiger partial charge in [-0.05, 0) is 35.7 Å². The molecule has 0 aliphatic carbocycles. The molecule has 0 spiro atoms. The van der Waals surface area contributed by atoms with E-state index in [0.717, 1.165) is 33.4 Å². The molecule has 1 heterocycles. The van der Waals surface area contributed by atoms with Crippen LogP contribution < -0.4 is 4.74 Å². The van der Waals surface area contributed by atoms with Gasteiger partial charge in [-0.15, -0.1) is 10.2 Å². The minimum atomic E-state index is -0.614. The molecule has 6 heteroatoms. The summed E-state index contributed by atoms with van der Waals surface area (Å²) >= 11 is 1.47. The van der Waals surface area contributed by atoms with Crippen LogP contribution in [0, 0.1) is 6.92 Å². The zero-order valence-corrected chi connectivity index (χ0v) is 18.4. The first-order valence-corrected chi connectivity index (χ1v) is 11.1. The fraction of sp³-hybridized carbons (Fsp3) is 0.200. The highest BCUT2D eigenvalue weighted by Gasteiger charge is 2.15. The Hall–Kier alpha value is -3.09. The Labute approximate surface area is 186 Å². The second-order valence-electron chi connectivity index (χ2n) is 7.35. The predicted octanol–water partition coefficient (Wildman–Crippen LogP) is 4.99. The molecule has 4 rings (SSSR count). The van der Waals surface area contributed by atoms with Gasteiger partial charge in [-0.2, -0.15) is 0 Å². The van der Waals surface area contributed by atoms with E-state index in [4.69, 9.17) is 4.74 Å². The van der Waals surface area contributed by atoms with E-state index in [9.17, 15) is 5.11 Å². The van der Waals surface area contributed by atoms with Gasteiger partial charge in [0.1, 0.15) is 12.4 Å². The lowest BCUT2D eigenvalue weighted by molar-refractivity contribution is 0.126. The molecule has 0 fully saturated rings. The Balaban J connectivity index is 1.30. The van der Waals surface area contributed by atoms with Crippen molar-refractivity contribution < 1.29 is 9.84 Å². The van der Waals surface area contributed by atoms with Crippen LogP contribution in [0.5, 0.6) is 5.75 Å². The first kappa shape index (κ1) is 21.2. The normalized spacial score (nSPS) is 12.0. The summed E-state index contributed by atoms with van der Waals surface area (Å²) in [5.41, 5.74) is 4.52. The van der Waals surface area contributed by atoms with Crippen molar-refractivity contribution in [3.63, 3.8) is 0 Å². The number of aliphatic hydroxyl groups is 1. The number of benzene rings is 3. The van der Waals surface area contributed by atoms with Crippen LogP contribution in [-0.4, -0.2) is 38.3 Å². The number of thioether (sulfide) groups is 1. The van der Waals surface area contributed by atoms with Crippen molar-refractivity contribution in [3.8, 4) is 28.3 Å². The van der Waals surface area contributed by atoms with E-state index in [0.29, 0.717) is 5.75 Å². The molecule has 0 saturated heterocycles. The highest BCUT2D eigenvalue weighted by molar-refractivity contribution is 7.99. The highest BCUT2D eigenvalue weighted by atomic mass is 32.2. The van der Waals surface area contributed by atoms with Crippen LogP contribution in [0.1, 0.15) is 5.56 Å². The third-order valence-corrected chi connectivity index (χ3v) is 6.19. The summed E-state index contributed by atoms with van der Waals surface area (Å²) in [6.45, 7) is 2.28. The van der Waals surface area contributed by atoms with Crippen LogP contribution in [0.15, 0.2) is 84.0 Å². The molecule has 0 saturated carbocycles. The number of aliphatic hydroxyl groups excluding tert-OH is 1. The lowest BCUT2D eigenvalue weighted by atomic mass is 10.1. The van der Waals surface area contributed by atoms with Crippen LogP contribution in [0.25, 0.3) is 22.5 Å². The molecule has 0 radical (unpaired) electrons. The van der Waals surface area contributed by atoms with Gasteiger partial charge < -0.3 is 14.4 Å². The van der Waals surface area contributed by atoms with E-state index in [1.807, 2.05) is 72.3 Å². The number of hydrogen-bond donors (Lipinski definition) is 1. The Morgan fingerprint density at radius 3 is 2.32 bits per heavy atom. The summed E-state index contributed by atoms with van der Waals surface area (Å²) in [7, 11) is 1.95. The van der Waals surface area contributed by atoms with Gasteiger partial charge in [-0.1, -0.05) is 78.5 Å². The topological polar surface area (TPSA) is 60.2 Å². The largest absolute Gasteiger partial charge is 0.491 e. The van der Waals surface area contributed by atoms with Crippen molar-refractivity contribution >= 4 is 11.8 Å². The molecule has 5 nitrogen and oxygen atoms in total. The summed E-state index contributed by atoms with van der Waals surface area (Å²) in [4.78, 5) is 0. The number of aryl methyl sites for hydroxylation is 1. The van der Waals surface area contributed by atoms with Crippen molar-refractivity contribution in [2.24, 2.45) is 7.05 Å². The molecule has 0 aliphatic rings. The molecule has 0 bridgehead atoms. The number of rotatable bonds is 8. The van der Waals surface area contributed by atoms with Gasteiger partial charge in [0.15, 0.2) is 11.0 Å². The molecule has 0 aliphatic heterocycles. The second kappa shape index (κ2) is 9.81. The fourth-order valence-corrected chi connectivity index (χ4v) is 4.10. The molecule has 1 N–H and O–H groups in total. The maximum absolute atomic E-state index is 10.4. The molecule has 0 amide bonds. The lowest BCUT2D eigenvalue weighted by Crippen LogP contribution is -2.20. The summed E-state index contributed by atoms with van der Waals surface area (Å²) in [5.74, 6) is 2.04. The summed E-state index contributed by atoms with van der Waals surface area (Å²) in [5, 5.41) is 19.7. The molecular weight excluding hydrogens is 406 g/mol. The first-order valence-electron chi connectivity index (χ1n) is 10.2. The summed E-state index contributed by atoms with van der Waals surface area (Å²) in [6, 6.07) is 26.2. The molecule has 1 unspecified atom stereocenters. The van der Waals surface area contributed by atoms with Crippen molar-refractivity contribution in [1.82, 2.24) is 14.8 Å². The Morgan fingerprint density at radius 2 is 1.58 bits per heavy atom. The Morgan fingerprint density at radius 1 is 0.903 bits per heavy atom. The Kier molecular flexibility index (Phi) is 6.70. The van der Waals surface area contributed by atoms with E-state index in [1.165, 1.54) is 17.3 Å². The maximum Gasteiger partial charge on any atom is 0.191 e. The monoisotopic (exact) mass is 431 g/mol. The zero-order valence-electron chi connectivity index (χ0n) is 17.6. The van der Waals surface area contributed by atoms with E-state index >= 15 is 0 Å². The maximum atomic E-state index is 10.4. The van der Waals surface area contributed by atoms with Crippen LogP contribution >= 0.6 is 11.8 Å². The average molecular weight is 432 g/mol. The highest BCUT2D eigenvalue weighted by Crippen LogP contribution is 2.26. The molecule has 1 aromatic heterocycles. The van der Waals surface area contributed by atoms with Crippen LogP contribution in [-0.2, 0) is 7.05 Å². The van der Waals surface area contributed by atoms with E-state index in [2.05, 4.69) is 35.3 Å². The van der Waals surface area contributed by atoms with Gasteiger partial charge >= 0.3 is 0 Å². The SMILES string of the molecule is Cc1ccccc1-c1nnc(SCC(O)COc2ccc(-c3ccccc3)cc2)n1C. The molecule has 3 aromatic carbocycles. The smallest absolute Gasteiger partial charge is 0.191 e. The fourth-order valence-electron chi connectivity index (χ4n) is 3.28. The van der Waals surface area contributed by atoms with Gasteiger partial charge in [0.2, 0.25) is 0 Å². The minimum absolute atomic E-state index is 0.222. The molecular formula is C25H25N3O2S. The molecule has 1 atom stereocenters. The van der Waals surface area contributed by atoms with Gasteiger partial charge in [0.05, 0.1) is 6.10 Å². The molecule has 158 valence electrons. The van der Waals surface area contributed by atoms with Crippen LogP contribution in [0.3, 0.4) is 0 Å². The quantitative estimate of drug-likeness (QED) is 0.398. The van der Waals surface area contributed by atoms with Gasteiger partial charge in [-0.25, -0.2) is 0 Å².